The monoisotopic (exact) mass is 388 g/mol. The Morgan fingerprint density at radius 1 is 1.04 bits per heavy atom. The second kappa shape index (κ2) is 6.72. The van der Waals surface area contributed by atoms with Gasteiger partial charge < -0.3 is 9.47 Å². The van der Waals surface area contributed by atoms with Crippen LogP contribution in [0.25, 0.3) is 16.9 Å². The first-order valence-electron chi connectivity index (χ1n) is 7.56. The van der Waals surface area contributed by atoms with Crippen molar-refractivity contribution in [1.82, 2.24) is 19.6 Å². The number of benzene rings is 1. The van der Waals surface area contributed by atoms with Gasteiger partial charge in [0.05, 0.1) is 12.3 Å². The largest absolute Gasteiger partial charge is 0.573 e. The molecule has 1 aromatic carbocycles. The molecule has 2 heterocycles. The Hall–Kier alpha value is -2.82. The molecule has 0 spiro atoms. The van der Waals surface area contributed by atoms with E-state index in [1.165, 1.54) is 25.4 Å². The van der Waals surface area contributed by atoms with Crippen molar-refractivity contribution in [3.8, 4) is 17.0 Å². The molecule has 0 aliphatic heterocycles. The number of methoxy groups -OCH3 is 1. The number of nitrogens with zero attached hydrogens (tertiary/aromatic N) is 4. The van der Waals surface area contributed by atoms with E-state index in [2.05, 4.69) is 19.9 Å². The summed E-state index contributed by atoms with van der Waals surface area (Å²) in [5.74, 6) is -4.25. The molecule has 0 amide bonds. The number of fused-ring (bicyclic) bond motifs is 1. The van der Waals surface area contributed by atoms with Crippen molar-refractivity contribution in [1.29, 1.82) is 0 Å². The van der Waals surface area contributed by atoms with Gasteiger partial charge in [-0.2, -0.15) is 8.78 Å². The first-order valence-corrected chi connectivity index (χ1v) is 7.56. The zero-order valence-corrected chi connectivity index (χ0v) is 14.1. The Kier molecular flexibility index (Phi) is 4.72. The summed E-state index contributed by atoms with van der Waals surface area (Å²) >= 11 is 0. The average Bonchev–Trinajstić information content (AvgIpc) is 2.98. The van der Waals surface area contributed by atoms with Crippen LogP contribution >= 0.6 is 0 Å². The van der Waals surface area contributed by atoms with Crippen LogP contribution in [0.2, 0.25) is 0 Å². The molecule has 0 saturated carbocycles. The van der Waals surface area contributed by atoms with E-state index >= 15 is 0 Å². The highest BCUT2D eigenvalue weighted by Crippen LogP contribution is 2.29. The SMILES string of the molecule is COCc1nc(-c2ccc(OC(F)(F)F)cc2)cn2c(C(C)(F)F)nnc12. The van der Waals surface area contributed by atoms with Crippen LogP contribution in [0.5, 0.6) is 5.75 Å². The van der Waals surface area contributed by atoms with E-state index in [9.17, 15) is 22.0 Å². The molecular weight excluding hydrogens is 375 g/mol. The molecule has 27 heavy (non-hydrogen) atoms. The Balaban J connectivity index is 2.08. The lowest BCUT2D eigenvalue weighted by atomic mass is 10.1. The summed E-state index contributed by atoms with van der Waals surface area (Å²) in [6.07, 6.45) is -3.52. The van der Waals surface area contributed by atoms with Gasteiger partial charge in [0.15, 0.2) is 5.65 Å². The average molecular weight is 388 g/mol. The van der Waals surface area contributed by atoms with E-state index in [1.807, 2.05) is 0 Å². The molecular formula is C16H13F5N4O2. The van der Waals surface area contributed by atoms with E-state index in [0.29, 0.717) is 12.5 Å². The molecule has 0 saturated heterocycles. The van der Waals surface area contributed by atoms with Gasteiger partial charge in [0, 0.05) is 25.8 Å². The van der Waals surface area contributed by atoms with Crippen LogP contribution in [0.3, 0.4) is 0 Å². The summed E-state index contributed by atoms with van der Waals surface area (Å²) in [6.45, 7) is 0.669. The molecule has 0 radical (unpaired) electrons. The highest BCUT2D eigenvalue weighted by atomic mass is 19.4. The summed E-state index contributed by atoms with van der Waals surface area (Å²) < 4.78 is 74.3. The molecule has 11 heteroatoms. The van der Waals surface area contributed by atoms with Crippen molar-refractivity contribution in [2.24, 2.45) is 0 Å². The van der Waals surface area contributed by atoms with Gasteiger partial charge >= 0.3 is 12.3 Å². The molecule has 0 unspecified atom stereocenters. The first kappa shape index (κ1) is 19.0. The number of aromatic nitrogens is 4. The zero-order valence-electron chi connectivity index (χ0n) is 14.1. The van der Waals surface area contributed by atoms with Gasteiger partial charge in [-0.1, -0.05) is 0 Å². The van der Waals surface area contributed by atoms with Crippen LogP contribution < -0.4 is 4.74 Å². The zero-order chi connectivity index (χ0) is 19.8. The first-order chi connectivity index (χ1) is 12.6. The van der Waals surface area contributed by atoms with Crippen LogP contribution in [0, 0.1) is 0 Å². The van der Waals surface area contributed by atoms with Gasteiger partial charge in [0.25, 0.3) is 0 Å². The van der Waals surface area contributed by atoms with Gasteiger partial charge in [0.1, 0.15) is 11.4 Å². The van der Waals surface area contributed by atoms with Crippen LogP contribution in [0.15, 0.2) is 30.5 Å². The Morgan fingerprint density at radius 2 is 1.70 bits per heavy atom. The minimum Gasteiger partial charge on any atom is -0.406 e. The van der Waals surface area contributed by atoms with E-state index in [1.54, 1.807) is 0 Å². The molecule has 3 aromatic rings. The van der Waals surface area contributed by atoms with Crippen molar-refractivity contribution < 1.29 is 31.4 Å². The topological polar surface area (TPSA) is 61.5 Å². The number of alkyl halides is 5. The fraction of sp³-hybridized carbons (Fsp3) is 0.312. The van der Waals surface area contributed by atoms with Gasteiger partial charge in [-0.3, -0.25) is 4.40 Å². The fourth-order valence-corrected chi connectivity index (χ4v) is 2.46. The van der Waals surface area contributed by atoms with E-state index in [-0.39, 0.29) is 23.6 Å². The molecule has 2 aromatic heterocycles. The standard InChI is InChI=1S/C16H13F5N4O2/c1-15(17,18)14-24-23-13-12(8-26-2)22-11(7-25(13)14)9-3-5-10(6-4-9)27-16(19,20)21/h3-7H,8H2,1-2H3. The third-order valence-electron chi connectivity index (χ3n) is 3.52. The molecule has 144 valence electrons. The number of rotatable bonds is 5. The predicted molar refractivity (Wildman–Crippen MR) is 83.2 cm³/mol. The predicted octanol–water partition coefficient (Wildman–Crippen LogP) is 3.95. The Labute approximate surface area is 149 Å². The maximum absolute atomic E-state index is 13.8. The molecule has 0 atom stereocenters. The maximum Gasteiger partial charge on any atom is 0.573 e. The van der Waals surface area contributed by atoms with Gasteiger partial charge in [-0.05, 0) is 24.3 Å². The second-order valence-corrected chi connectivity index (χ2v) is 5.68. The Bertz CT molecular complexity index is 948. The smallest absolute Gasteiger partial charge is 0.406 e. The summed E-state index contributed by atoms with van der Waals surface area (Å²) in [5.41, 5.74) is 0.990. The molecule has 3 rings (SSSR count). The quantitative estimate of drug-likeness (QED) is 0.620. The third-order valence-corrected chi connectivity index (χ3v) is 3.52. The minimum atomic E-state index is -4.81. The summed E-state index contributed by atoms with van der Waals surface area (Å²) in [7, 11) is 1.40. The van der Waals surface area contributed by atoms with E-state index in [4.69, 9.17) is 4.74 Å². The summed E-state index contributed by atoms with van der Waals surface area (Å²) in [4.78, 5) is 4.30. The lowest BCUT2D eigenvalue weighted by molar-refractivity contribution is -0.274. The summed E-state index contributed by atoms with van der Waals surface area (Å²) in [5, 5.41) is 7.26. The number of halogens is 5. The molecule has 0 aliphatic carbocycles. The van der Waals surface area contributed by atoms with Crippen molar-refractivity contribution in [3.63, 3.8) is 0 Å². The molecule has 0 aliphatic rings. The normalized spacial score (nSPS) is 12.6. The second-order valence-electron chi connectivity index (χ2n) is 5.68. The molecule has 0 bridgehead atoms. The number of hydrogen-bond donors (Lipinski definition) is 0. The number of ether oxygens (including phenoxy) is 2. The van der Waals surface area contributed by atoms with E-state index < -0.39 is 23.9 Å². The lowest BCUT2D eigenvalue weighted by Crippen LogP contribution is -2.17. The van der Waals surface area contributed by atoms with Gasteiger partial charge in [-0.25, -0.2) is 4.98 Å². The van der Waals surface area contributed by atoms with E-state index in [0.717, 1.165) is 16.5 Å². The summed E-state index contributed by atoms with van der Waals surface area (Å²) in [6, 6.07) is 4.87. The van der Waals surface area contributed by atoms with Crippen LogP contribution in [0.1, 0.15) is 18.4 Å². The highest BCUT2D eigenvalue weighted by Gasteiger charge is 2.32. The number of hydrogen-bond acceptors (Lipinski definition) is 5. The van der Waals surface area contributed by atoms with Crippen molar-refractivity contribution in [3.05, 3.63) is 42.0 Å². The fourth-order valence-electron chi connectivity index (χ4n) is 2.46. The van der Waals surface area contributed by atoms with Crippen molar-refractivity contribution in [2.45, 2.75) is 25.8 Å². The molecule has 0 fully saturated rings. The minimum absolute atomic E-state index is 0.0139. The molecule has 0 N–H and O–H groups in total. The lowest BCUT2D eigenvalue weighted by Gasteiger charge is -2.12. The maximum atomic E-state index is 13.8. The van der Waals surface area contributed by atoms with Crippen LogP contribution in [0.4, 0.5) is 22.0 Å². The van der Waals surface area contributed by atoms with Crippen molar-refractivity contribution in [2.75, 3.05) is 7.11 Å². The third kappa shape index (κ3) is 4.13. The van der Waals surface area contributed by atoms with Crippen LogP contribution in [-0.2, 0) is 17.3 Å². The highest BCUT2D eigenvalue weighted by molar-refractivity contribution is 5.62. The van der Waals surface area contributed by atoms with Gasteiger partial charge in [0.2, 0.25) is 5.82 Å². The van der Waals surface area contributed by atoms with Crippen LogP contribution in [-0.4, -0.2) is 33.1 Å². The van der Waals surface area contributed by atoms with Crippen molar-refractivity contribution >= 4 is 5.65 Å². The molecule has 6 nitrogen and oxygen atoms in total. The van der Waals surface area contributed by atoms with Gasteiger partial charge in [-0.15, -0.1) is 23.4 Å². The Morgan fingerprint density at radius 3 is 2.26 bits per heavy atom.